The van der Waals surface area contributed by atoms with E-state index in [0.29, 0.717) is 29.1 Å². The van der Waals surface area contributed by atoms with Gasteiger partial charge in [0, 0.05) is 32.4 Å². The van der Waals surface area contributed by atoms with Crippen molar-refractivity contribution in [2.24, 2.45) is 0 Å². The van der Waals surface area contributed by atoms with Gasteiger partial charge in [0.2, 0.25) is 0 Å². The van der Waals surface area contributed by atoms with Crippen LogP contribution in [0.2, 0.25) is 0 Å². The number of ketones is 1. The topological polar surface area (TPSA) is 83.0 Å². The lowest BCUT2D eigenvalue weighted by Gasteiger charge is -2.17. The van der Waals surface area contributed by atoms with Gasteiger partial charge in [-0.3, -0.25) is 9.78 Å². The molecule has 0 aromatic carbocycles. The van der Waals surface area contributed by atoms with Gasteiger partial charge in [0.1, 0.15) is 16.6 Å². The van der Waals surface area contributed by atoms with Crippen LogP contribution in [0.5, 0.6) is 0 Å². The predicted molar refractivity (Wildman–Crippen MR) is 84.4 cm³/mol. The van der Waals surface area contributed by atoms with E-state index in [1.807, 2.05) is 24.1 Å². The quantitative estimate of drug-likeness (QED) is 0.858. The summed E-state index contributed by atoms with van der Waals surface area (Å²) in [4.78, 5) is 18.3. The number of Topliss-reactive ketones (excluding diaryl/α,β-unsaturated/α-hetero) is 1. The van der Waals surface area contributed by atoms with E-state index >= 15 is 0 Å². The minimum Gasteiger partial charge on any atom is -0.396 e. The van der Waals surface area contributed by atoms with Crippen LogP contribution in [-0.4, -0.2) is 17.8 Å². The number of carbonyl (C=O) groups excluding carboxylic acids is 1. The van der Waals surface area contributed by atoms with Crippen LogP contribution in [-0.2, 0) is 6.54 Å². The molecule has 0 aliphatic heterocycles. The monoisotopic (exact) mass is 300 g/mol. The van der Waals surface area contributed by atoms with E-state index in [0.717, 1.165) is 10.6 Å². The maximum absolute atomic E-state index is 11.9. The van der Waals surface area contributed by atoms with Gasteiger partial charge in [0.25, 0.3) is 0 Å². The second-order valence-electron chi connectivity index (χ2n) is 4.63. The largest absolute Gasteiger partial charge is 0.396 e. The average molecular weight is 300 g/mol. The van der Waals surface area contributed by atoms with E-state index < -0.39 is 0 Å². The average Bonchev–Trinajstić information content (AvgIpc) is 2.84. The first-order valence-electron chi connectivity index (χ1n) is 6.54. The van der Waals surface area contributed by atoms with Crippen molar-refractivity contribution in [1.82, 2.24) is 4.98 Å². The standard InChI is InChI=1S/C15H16N4OS/c1-3-12(20)14-13(17)11(8-16)15(21-14)19(2)9-10-4-6-18-7-5-10/h4-7H,3,9,17H2,1-2H3. The Morgan fingerprint density at radius 3 is 2.71 bits per heavy atom. The van der Waals surface area contributed by atoms with Gasteiger partial charge >= 0.3 is 0 Å². The Balaban J connectivity index is 2.35. The van der Waals surface area contributed by atoms with Crippen molar-refractivity contribution in [2.75, 3.05) is 17.7 Å². The summed E-state index contributed by atoms with van der Waals surface area (Å²) >= 11 is 1.28. The summed E-state index contributed by atoms with van der Waals surface area (Å²) in [6.07, 6.45) is 3.83. The number of pyridine rings is 1. The van der Waals surface area contributed by atoms with Crippen molar-refractivity contribution in [3.8, 4) is 6.07 Å². The zero-order valence-corrected chi connectivity index (χ0v) is 12.8. The lowest BCUT2D eigenvalue weighted by Crippen LogP contribution is -2.16. The van der Waals surface area contributed by atoms with Gasteiger partial charge in [-0.15, -0.1) is 11.3 Å². The summed E-state index contributed by atoms with van der Waals surface area (Å²) in [5, 5.41) is 10.0. The molecule has 2 heterocycles. The van der Waals surface area contributed by atoms with E-state index in [9.17, 15) is 10.1 Å². The third kappa shape index (κ3) is 3.03. The van der Waals surface area contributed by atoms with Crippen LogP contribution >= 0.6 is 11.3 Å². The minimum absolute atomic E-state index is 0.0300. The Kier molecular flexibility index (Phi) is 4.55. The molecule has 0 saturated carbocycles. The van der Waals surface area contributed by atoms with E-state index in [1.54, 1.807) is 19.3 Å². The number of nitrogens with two attached hydrogens (primary N) is 1. The number of carbonyl (C=O) groups is 1. The maximum Gasteiger partial charge on any atom is 0.174 e. The number of anilines is 2. The number of nitrogens with zero attached hydrogens (tertiary/aromatic N) is 3. The molecule has 0 bridgehead atoms. The van der Waals surface area contributed by atoms with Crippen LogP contribution in [0.25, 0.3) is 0 Å². The number of nitrogen functional groups attached to an aromatic ring is 1. The summed E-state index contributed by atoms with van der Waals surface area (Å²) in [5.74, 6) is -0.0300. The minimum atomic E-state index is -0.0300. The maximum atomic E-state index is 11.9. The number of aromatic nitrogens is 1. The second kappa shape index (κ2) is 6.37. The van der Waals surface area contributed by atoms with E-state index in [2.05, 4.69) is 11.1 Å². The summed E-state index contributed by atoms with van der Waals surface area (Å²) in [6, 6.07) is 5.94. The van der Waals surface area contributed by atoms with E-state index in [4.69, 9.17) is 5.73 Å². The summed E-state index contributed by atoms with van der Waals surface area (Å²) in [7, 11) is 1.88. The summed E-state index contributed by atoms with van der Waals surface area (Å²) < 4.78 is 0. The first kappa shape index (κ1) is 15.0. The van der Waals surface area contributed by atoms with Gasteiger partial charge < -0.3 is 10.6 Å². The summed E-state index contributed by atoms with van der Waals surface area (Å²) in [5.41, 5.74) is 7.71. The van der Waals surface area contributed by atoms with Crippen molar-refractivity contribution in [3.05, 3.63) is 40.5 Å². The normalized spacial score (nSPS) is 10.1. The molecular weight excluding hydrogens is 284 g/mol. The molecule has 0 atom stereocenters. The Morgan fingerprint density at radius 1 is 1.48 bits per heavy atom. The molecule has 21 heavy (non-hydrogen) atoms. The molecule has 0 saturated heterocycles. The number of rotatable bonds is 5. The Bertz CT molecular complexity index is 688. The van der Waals surface area contributed by atoms with Gasteiger partial charge in [-0.1, -0.05) is 6.92 Å². The van der Waals surface area contributed by atoms with Gasteiger partial charge in [-0.05, 0) is 17.7 Å². The molecule has 2 N–H and O–H groups in total. The third-order valence-corrected chi connectivity index (χ3v) is 4.49. The fourth-order valence-corrected chi connectivity index (χ4v) is 3.15. The lowest BCUT2D eigenvalue weighted by atomic mass is 10.2. The fourth-order valence-electron chi connectivity index (χ4n) is 2.01. The van der Waals surface area contributed by atoms with Crippen LogP contribution < -0.4 is 10.6 Å². The molecule has 0 unspecified atom stereocenters. The highest BCUT2D eigenvalue weighted by Crippen LogP contribution is 2.38. The second-order valence-corrected chi connectivity index (χ2v) is 5.62. The zero-order valence-electron chi connectivity index (χ0n) is 12.0. The molecule has 0 fully saturated rings. The van der Waals surface area contributed by atoms with Crippen molar-refractivity contribution in [3.63, 3.8) is 0 Å². The molecule has 0 amide bonds. The lowest BCUT2D eigenvalue weighted by molar-refractivity contribution is 0.0993. The van der Waals surface area contributed by atoms with Crippen molar-refractivity contribution < 1.29 is 4.79 Å². The highest BCUT2D eigenvalue weighted by atomic mass is 32.1. The molecule has 6 heteroatoms. The Labute approximate surface area is 127 Å². The van der Waals surface area contributed by atoms with Gasteiger partial charge in [0.15, 0.2) is 5.78 Å². The van der Waals surface area contributed by atoms with Crippen LogP contribution in [0.3, 0.4) is 0 Å². The van der Waals surface area contributed by atoms with Gasteiger partial charge in [-0.2, -0.15) is 5.26 Å². The number of hydrogen-bond acceptors (Lipinski definition) is 6. The van der Waals surface area contributed by atoms with Crippen molar-refractivity contribution >= 4 is 27.8 Å². The fraction of sp³-hybridized carbons (Fsp3) is 0.267. The van der Waals surface area contributed by atoms with Crippen LogP contribution in [0.15, 0.2) is 24.5 Å². The molecule has 108 valence electrons. The molecule has 0 spiro atoms. The smallest absolute Gasteiger partial charge is 0.174 e. The van der Waals surface area contributed by atoms with Crippen LogP contribution in [0, 0.1) is 11.3 Å². The highest BCUT2D eigenvalue weighted by Gasteiger charge is 2.22. The molecular formula is C15H16N4OS. The first-order valence-corrected chi connectivity index (χ1v) is 7.35. The summed E-state index contributed by atoms with van der Waals surface area (Å²) in [6.45, 7) is 2.41. The highest BCUT2D eigenvalue weighted by molar-refractivity contribution is 7.19. The number of hydrogen-bond donors (Lipinski definition) is 1. The van der Waals surface area contributed by atoms with E-state index in [-0.39, 0.29) is 5.78 Å². The SMILES string of the molecule is CCC(=O)c1sc(N(C)Cc2ccncc2)c(C#N)c1N. The first-order chi connectivity index (χ1) is 10.1. The van der Waals surface area contributed by atoms with Gasteiger partial charge in [-0.25, -0.2) is 0 Å². The molecule has 2 aromatic heterocycles. The molecule has 0 aliphatic rings. The Morgan fingerprint density at radius 2 is 2.14 bits per heavy atom. The molecule has 2 rings (SSSR count). The molecule has 2 aromatic rings. The Hall–Kier alpha value is -2.39. The zero-order chi connectivity index (χ0) is 15.4. The number of thiophene rings is 1. The molecule has 5 nitrogen and oxygen atoms in total. The van der Waals surface area contributed by atoms with Gasteiger partial charge in [0.05, 0.1) is 10.6 Å². The van der Waals surface area contributed by atoms with Crippen LogP contribution in [0.1, 0.15) is 34.1 Å². The van der Waals surface area contributed by atoms with Crippen molar-refractivity contribution in [2.45, 2.75) is 19.9 Å². The number of nitriles is 1. The molecule has 0 radical (unpaired) electrons. The third-order valence-electron chi connectivity index (χ3n) is 3.13. The molecule has 0 aliphatic carbocycles. The van der Waals surface area contributed by atoms with E-state index in [1.165, 1.54) is 11.3 Å². The van der Waals surface area contributed by atoms with Crippen molar-refractivity contribution in [1.29, 1.82) is 5.26 Å². The predicted octanol–water partition coefficient (Wildman–Crippen LogP) is 2.83. The van der Waals surface area contributed by atoms with Crippen LogP contribution in [0.4, 0.5) is 10.7 Å².